The molecule has 3 amide bonds. The summed E-state index contributed by atoms with van der Waals surface area (Å²) in [5.41, 5.74) is 0.332. The van der Waals surface area contributed by atoms with Crippen LogP contribution >= 0.6 is 46.4 Å². The van der Waals surface area contributed by atoms with E-state index in [1.54, 1.807) is 12.1 Å². The first-order valence-electron chi connectivity index (χ1n) is 9.42. The lowest BCUT2D eigenvalue weighted by molar-refractivity contribution is 0.00532. The molecule has 0 saturated heterocycles. The number of carbonyl (C=O) groups excluding carboxylic acids is 4. The number of imide groups is 1. The summed E-state index contributed by atoms with van der Waals surface area (Å²) in [6.45, 7) is -0.647. The zero-order valence-corrected chi connectivity index (χ0v) is 19.5. The van der Waals surface area contributed by atoms with E-state index in [0.717, 1.165) is 5.01 Å². The standard InChI is InChI=1S/C23H12Cl4N2O4/c24-13-6-7-16(18(26)10-13)20(30)11-28(21(31)12-5-8-17(25)19(27)9-12)29-22(32)14-3-1-2-4-15(14)23(29)33/h1-10H,11H2. The largest absolute Gasteiger partial charge is 0.292 e. The van der Waals surface area contributed by atoms with E-state index in [4.69, 9.17) is 46.4 Å². The number of amides is 3. The third-order valence-electron chi connectivity index (χ3n) is 4.94. The molecule has 0 radical (unpaired) electrons. The first kappa shape index (κ1) is 23.3. The molecule has 1 aliphatic heterocycles. The molecule has 0 fully saturated rings. The van der Waals surface area contributed by atoms with Crippen molar-refractivity contribution < 1.29 is 19.2 Å². The van der Waals surface area contributed by atoms with Crippen molar-refractivity contribution in [2.75, 3.05) is 6.54 Å². The number of carbonyl (C=O) groups is 4. The predicted molar refractivity (Wildman–Crippen MR) is 125 cm³/mol. The van der Waals surface area contributed by atoms with Gasteiger partial charge in [0.15, 0.2) is 5.78 Å². The number of ketones is 1. The minimum atomic E-state index is -0.804. The third-order valence-corrected chi connectivity index (χ3v) is 6.23. The molecule has 1 aliphatic rings. The van der Waals surface area contributed by atoms with Crippen LogP contribution < -0.4 is 0 Å². The van der Waals surface area contributed by atoms with Crippen molar-refractivity contribution in [2.45, 2.75) is 0 Å². The van der Waals surface area contributed by atoms with Gasteiger partial charge in [0, 0.05) is 16.1 Å². The molecule has 1 heterocycles. The Bertz CT molecular complexity index is 1310. The fourth-order valence-electron chi connectivity index (χ4n) is 3.34. The van der Waals surface area contributed by atoms with Gasteiger partial charge in [0.25, 0.3) is 17.7 Å². The molecule has 0 aliphatic carbocycles. The van der Waals surface area contributed by atoms with Crippen LogP contribution in [-0.4, -0.2) is 40.1 Å². The van der Waals surface area contributed by atoms with Gasteiger partial charge in [0.2, 0.25) is 0 Å². The molecule has 0 bridgehead atoms. The third kappa shape index (κ3) is 4.35. The van der Waals surface area contributed by atoms with Crippen LogP contribution in [0.5, 0.6) is 0 Å². The van der Waals surface area contributed by atoms with Gasteiger partial charge in [-0.15, -0.1) is 0 Å². The van der Waals surface area contributed by atoms with Gasteiger partial charge in [-0.25, -0.2) is 5.01 Å². The number of benzene rings is 3. The average Bonchev–Trinajstić information content (AvgIpc) is 3.03. The lowest BCUT2D eigenvalue weighted by Gasteiger charge is -2.29. The molecule has 3 aromatic carbocycles. The highest BCUT2D eigenvalue weighted by molar-refractivity contribution is 6.42. The summed E-state index contributed by atoms with van der Waals surface area (Å²) < 4.78 is 0. The van der Waals surface area contributed by atoms with Gasteiger partial charge >= 0.3 is 0 Å². The van der Waals surface area contributed by atoms with E-state index in [1.807, 2.05) is 0 Å². The van der Waals surface area contributed by atoms with Gasteiger partial charge in [-0.05, 0) is 48.5 Å². The van der Waals surface area contributed by atoms with Crippen LogP contribution in [0.1, 0.15) is 41.4 Å². The van der Waals surface area contributed by atoms with E-state index in [9.17, 15) is 19.2 Å². The van der Waals surface area contributed by atoms with E-state index in [0.29, 0.717) is 10.0 Å². The number of fused-ring (bicyclic) bond motifs is 1. The van der Waals surface area contributed by atoms with Crippen LogP contribution in [-0.2, 0) is 0 Å². The van der Waals surface area contributed by atoms with Crippen molar-refractivity contribution >= 4 is 69.9 Å². The Balaban J connectivity index is 1.76. The number of halogens is 4. The quantitative estimate of drug-likeness (QED) is 0.312. The van der Waals surface area contributed by atoms with Crippen LogP contribution in [0, 0.1) is 0 Å². The molecule has 0 unspecified atom stereocenters. The van der Waals surface area contributed by atoms with Crippen molar-refractivity contribution in [3.8, 4) is 0 Å². The monoisotopic (exact) mass is 520 g/mol. The predicted octanol–water partition coefficient (Wildman–Crippen LogP) is 5.84. The highest BCUT2D eigenvalue weighted by atomic mass is 35.5. The number of hydrogen-bond acceptors (Lipinski definition) is 4. The van der Waals surface area contributed by atoms with Crippen molar-refractivity contribution in [1.82, 2.24) is 10.0 Å². The van der Waals surface area contributed by atoms with E-state index < -0.39 is 30.0 Å². The zero-order chi connectivity index (χ0) is 23.9. The lowest BCUT2D eigenvalue weighted by Crippen LogP contribution is -2.51. The molecular weight excluding hydrogens is 510 g/mol. The number of hydrogen-bond donors (Lipinski definition) is 0. The summed E-state index contributed by atoms with van der Waals surface area (Å²) in [6.07, 6.45) is 0. The molecule has 0 N–H and O–H groups in total. The fourth-order valence-corrected chi connectivity index (χ4v) is 4.16. The van der Waals surface area contributed by atoms with Gasteiger partial charge in [0.05, 0.1) is 26.2 Å². The van der Waals surface area contributed by atoms with Gasteiger partial charge in [0.1, 0.15) is 6.54 Å². The summed E-state index contributed by atoms with van der Waals surface area (Å²) in [6, 6.07) is 14.4. The van der Waals surface area contributed by atoms with Crippen LogP contribution in [0.4, 0.5) is 0 Å². The second-order valence-electron chi connectivity index (χ2n) is 7.01. The maximum Gasteiger partial charge on any atom is 0.280 e. The van der Waals surface area contributed by atoms with Crippen LogP contribution in [0.3, 0.4) is 0 Å². The molecule has 0 saturated carbocycles. The minimum absolute atomic E-state index is 0.0240. The van der Waals surface area contributed by atoms with Crippen molar-refractivity contribution in [3.63, 3.8) is 0 Å². The molecule has 3 aromatic rings. The number of hydrazine groups is 1. The van der Waals surface area contributed by atoms with Crippen molar-refractivity contribution in [2.24, 2.45) is 0 Å². The Hall–Kier alpha value is -2.90. The molecule has 33 heavy (non-hydrogen) atoms. The minimum Gasteiger partial charge on any atom is -0.292 e. The summed E-state index contributed by atoms with van der Waals surface area (Å²) >= 11 is 24.0. The maximum atomic E-state index is 13.4. The second-order valence-corrected chi connectivity index (χ2v) is 8.66. The van der Waals surface area contributed by atoms with Crippen molar-refractivity contribution in [3.05, 3.63) is 103 Å². The second kappa shape index (κ2) is 9.15. The van der Waals surface area contributed by atoms with Crippen LogP contribution in [0.15, 0.2) is 60.7 Å². The van der Waals surface area contributed by atoms with E-state index in [1.165, 1.54) is 48.5 Å². The number of nitrogens with zero attached hydrogens (tertiary/aromatic N) is 2. The van der Waals surface area contributed by atoms with Gasteiger partial charge in [-0.1, -0.05) is 58.5 Å². The molecule has 6 nitrogen and oxygen atoms in total. The Labute approximate surface area is 208 Å². The first-order chi connectivity index (χ1) is 15.7. The molecule has 166 valence electrons. The number of rotatable bonds is 5. The summed E-state index contributed by atoms with van der Waals surface area (Å²) in [4.78, 5) is 52.6. The van der Waals surface area contributed by atoms with Crippen LogP contribution in [0.25, 0.3) is 0 Å². The molecule has 0 spiro atoms. The van der Waals surface area contributed by atoms with Crippen LogP contribution in [0.2, 0.25) is 20.1 Å². The molecule has 0 atom stereocenters. The van der Waals surface area contributed by atoms with Gasteiger partial charge in [-0.3, -0.25) is 19.2 Å². The summed E-state index contributed by atoms with van der Waals surface area (Å²) in [7, 11) is 0. The Kier molecular flexibility index (Phi) is 6.45. The fraction of sp³-hybridized carbons (Fsp3) is 0.0435. The first-order valence-corrected chi connectivity index (χ1v) is 10.9. The Morgan fingerprint density at radius 3 is 1.97 bits per heavy atom. The zero-order valence-electron chi connectivity index (χ0n) is 16.5. The topological polar surface area (TPSA) is 74.8 Å². The van der Waals surface area contributed by atoms with E-state index >= 15 is 0 Å². The Morgan fingerprint density at radius 1 is 0.758 bits per heavy atom. The van der Waals surface area contributed by atoms with E-state index in [2.05, 4.69) is 0 Å². The maximum absolute atomic E-state index is 13.4. The smallest absolute Gasteiger partial charge is 0.280 e. The van der Waals surface area contributed by atoms with Gasteiger partial charge < -0.3 is 0 Å². The van der Waals surface area contributed by atoms with Crippen molar-refractivity contribution in [1.29, 1.82) is 0 Å². The molecule has 0 aromatic heterocycles. The van der Waals surface area contributed by atoms with Gasteiger partial charge in [-0.2, -0.15) is 5.01 Å². The number of Topliss-reactive ketones (excluding diaryl/α,β-unsaturated/α-hetero) is 1. The lowest BCUT2D eigenvalue weighted by atomic mass is 10.1. The van der Waals surface area contributed by atoms with E-state index in [-0.39, 0.29) is 37.3 Å². The molecular formula is C23H12Cl4N2O4. The normalized spacial score (nSPS) is 12.7. The summed E-state index contributed by atoms with van der Waals surface area (Å²) in [5, 5.41) is 2.12. The average molecular weight is 522 g/mol. The summed E-state index contributed by atoms with van der Waals surface area (Å²) in [5.74, 6) is -2.89. The molecule has 4 rings (SSSR count). The highest BCUT2D eigenvalue weighted by Crippen LogP contribution is 2.28. The SMILES string of the molecule is O=C(CN(C(=O)c1ccc(Cl)c(Cl)c1)N1C(=O)c2ccccc2C1=O)c1ccc(Cl)cc1Cl. The highest BCUT2D eigenvalue weighted by Gasteiger charge is 2.42. The Morgan fingerprint density at radius 2 is 1.39 bits per heavy atom. The molecule has 10 heteroatoms.